The quantitative estimate of drug-likeness (QED) is 0.674. The number of amides is 1. The summed E-state index contributed by atoms with van der Waals surface area (Å²) in [5.41, 5.74) is 0.787. The number of unbranched alkanes of at least 4 members (excludes halogenated alkanes) is 2. The number of aliphatic hydroxyl groups is 1. The summed E-state index contributed by atoms with van der Waals surface area (Å²) < 4.78 is 0. The molecule has 0 atom stereocenters. The third-order valence-corrected chi connectivity index (χ3v) is 2.22. The van der Waals surface area contributed by atoms with Gasteiger partial charge in [0.2, 0.25) is 5.91 Å². The van der Waals surface area contributed by atoms with E-state index in [1.807, 2.05) is 18.2 Å². The molecule has 0 spiro atoms. The van der Waals surface area contributed by atoms with E-state index in [4.69, 9.17) is 5.11 Å². The van der Waals surface area contributed by atoms with Gasteiger partial charge >= 0.3 is 0 Å². The number of carbonyl (C=O) groups excluding carboxylic acids is 1. The minimum atomic E-state index is 0.00250. The fraction of sp³-hybridized carbons (Fsp3) is 0.500. The zero-order valence-electron chi connectivity index (χ0n) is 9.35. The van der Waals surface area contributed by atoms with Gasteiger partial charge in [-0.15, -0.1) is 0 Å². The molecule has 0 saturated carbocycles. The number of rotatable bonds is 7. The molecule has 0 radical (unpaired) electrons. The SMILES string of the molecule is O=C(Cc1ccccn1)NCCCCCO. The van der Waals surface area contributed by atoms with E-state index in [1.165, 1.54) is 0 Å². The molecule has 0 aromatic carbocycles. The first-order chi connectivity index (χ1) is 7.83. The highest BCUT2D eigenvalue weighted by molar-refractivity contribution is 5.77. The van der Waals surface area contributed by atoms with Gasteiger partial charge in [-0.25, -0.2) is 0 Å². The van der Waals surface area contributed by atoms with Crippen LogP contribution in [0.4, 0.5) is 0 Å². The molecule has 2 N–H and O–H groups in total. The number of hydrogen-bond donors (Lipinski definition) is 2. The first-order valence-electron chi connectivity index (χ1n) is 5.60. The van der Waals surface area contributed by atoms with Gasteiger partial charge in [-0.1, -0.05) is 6.07 Å². The molecule has 4 heteroatoms. The van der Waals surface area contributed by atoms with Crippen LogP contribution in [0.15, 0.2) is 24.4 Å². The summed E-state index contributed by atoms with van der Waals surface area (Å²) in [5, 5.41) is 11.4. The zero-order valence-corrected chi connectivity index (χ0v) is 9.35. The molecule has 1 aromatic heterocycles. The summed E-state index contributed by atoms with van der Waals surface area (Å²) >= 11 is 0. The molecule has 0 bridgehead atoms. The van der Waals surface area contributed by atoms with Gasteiger partial charge in [-0.3, -0.25) is 9.78 Å². The number of carbonyl (C=O) groups is 1. The average Bonchev–Trinajstić information content (AvgIpc) is 2.30. The molecule has 4 nitrogen and oxygen atoms in total. The average molecular weight is 222 g/mol. The third kappa shape index (κ3) is 5.46. The van der Waals surface area contributed by atoms with Gasteiger partial charge in [0, 0.05) is 25.0 Å². The predicted octanol–water partition coefficient (Wildman–Crippen LogP) is 0.903. The lowest BCUT2D eigenvalue weighted by Gasteiger charge is -2.04. The van der Waals surface area contributed by atoms with Crippen LogP contribution in [0.2, 0.25) is 0 Å². The highest BCUT2D eigenvalue weighted by Crippen LogP contribution is 1.95. The van der Waals surface area contributed by atoms with Crippen LogP contribution in [0.1, 0.15) is 25.0 Å². The number of aliphatic hydroxyl groups excluding tert-OH is 1. The molecule has 0 aliphatic heterocycles. The van der Waals surface area contributed by atoms with Crippen molar-refractivity contribution in [3.8, 4) is 0 Å². The van der Waals surface area contributed by atoms with E-state index in [9.17, 15) is 4.79 Å². The Morgan fingerprint density at radius 1 is 1.31 bits per heavy atom. The molecule has 0 saturated heterocycles. The number of nitrogens with zero attached hydrogens (tertiary/aromatic N) is 1. The van der Waals surface area contributed by atoms with Crippen LogP contribution in [0.25, 0.3) is 0 Å². The molecule has 0 aliphatic carbocycles. The third-order valence-electron chi connectivity index (χ3n) is 2.22. The Morgan fingerprint density at radius 3 is 2.88 bits per heavy atom. The van der Waals surface area contributed by atoms with E-state index in [2.05, 4.69) is 10.3 Å². The molecule has 0 aliphatic rings. The molecule has 1 rings (SSSR count). The van der Waals surface area contributed by atoms with Gasteiger partial charge in [0.15, 0.2) is 0 Å². The fourth-order valence-electron chi connectivity index (χ4n) is 1.37. The fourth-order valence-corrected chi connectivity index (χ4v) is 1.37. The molecular weight excluding hydrogens is 204 g/mol. The summed E-state index contributed by atoms with van der Waals surface area (Å²) in [6.07, 6.45) is 4.68. The summed E-state index contributed by atoms with van der Waals surface area (Å²) in [6, 6.07) is 5.54. The summed E-state index contributed by atoms with van der Waals surface area (Å²) in [4.78, 5) is 15.5. The Labute approximate surface area is 95.7 Å². The van der Waals surface area contributed by atoms with E-state index in [1.54, 1.807) is 6.20 Å². The maximum absolute atomic E-state index is 11.4. The lowest BCUT2D eigenvalue weighted by atomic mass is 10.2. The molecule has 16 heavy (non-hydrogen) atoms. The number of pyridine rings is 1. The molecule has 88 valence electrons. The van der Waals surface area contributed by atoms with Gasteiger partial charge < -0.3 is 10.4 Å². The van der Waals surface area contributed by atoms with Crippen LogP contribution in [0, 0.1) is 0 Å². The van der Waals surface area contributed by atoms with Crippen molar-refractivity contribution in [2.45, 2.75) is 25.7 Å². The first-order valence-corrected chi connectivity index (χ1v) is 5.60. The van der Waals surface area contributed by atoms with Crippen molar-refractivity contribution in [3.05, 3.63) is 30.1 Å². The standard InChI is InChI=1S/C12H18N2O2/c15-9-5-1-3-8-14-12(16)10-11-6-2-4-7-13-11/h2,4,6-7,15H,1,3,5,8-10H2,(H,14,16). The van der Waals surface area contributed by atoms with Crippen LogP contribution < -0.4 is 5.32 Å². The second-order valence-corrected chi connectivity index (χ2v) is 3.63. The summed E-state index contributed by atoms with van der Waals surface area (Å²) in [7, 11) is 0. The lowest BCUT2D eigenvalue weighted by molar-refractivity contribution is -0.120. The zero-order chi connectivity index (χ0) is 11.6. The maximum atomic E-state index is 11.4. The second kappa shape index (κ2) is 7.82. The van der Waals surface area contributed by atoms with Crippen molar-refractivity contribution >= 4 is 5.91 Å². The van der Waals surface area contributed by atoms with Crippen LogP contribution >= 0.6 is 0 Å². The number of hydrogen-bond acceptors (Lipinski definition) is 3. The minimum absolute atomic E-state index is 0.00250. The largest absolute Gasteiger partial charge is 0.396 e. The van der Waals surface area contributed by atoms with E-state index in [0.29, 0.717) is 13.0 Å². The van der Waals surface area contributed by atoms with Crippen LogP contribution in [-0.4, -0.2) is 29.1 Å². The Hall–Kier alpha value is -1.42. The van der Waals surface area contributed by atoms with Gasteiger partial charge in [0.05, 0.1) is 6.42 Å². The van der Waals surface area contributed by atoms with Crippen molar-refractivity contribution in [3.63, 3.8) is 0 Å². The molecule has 1 amide bonds. The van der Waals surface area contributed by atoms with E-state index < -0.39 is 0 Å². The molecular formula is C12H18N2O2. The van der Waals surface area contributed by atoms with Crippen LogP contribution in [0.5, 0.6) is 0 Å². The summed E-state index contributed by atoms with van der Waals surface area (Å²) in [5.74, 6) is 0.00250. The molecule has 1 heterocycles. The smallest absolute Gasteiger partial charge is 0.226 e. The van der Waals surface area contributed by atoms with E-state index in [0.717, 1.165) is 25.0 Å². The van der Waals surface area contributed by atoms with Crippen molar-refractivity contribution in [2.24, 2.45) is 0 Å². The highest BCUT2D eigenvalue weighted by atomic mass is 16.2. The maximum Gasteiger partial charge on any atom is 0.226 e. The van der Waals surface area contributed by atoms with E-state index in [-0.39, 0.29) is 12.5 Å². The number of nitrogens with one attached hydrogen (secondary N) is 1. The van der Waals surface area contributed by atoms with Crippen LogP contribution in [0.3, 0.4) is 0 Å². The Bertz CT molecular complexity index is 301. The first kappa shape index (κ1) is 12.6. The summed E-state index contributed by atoms with van der Waals surface area (Å²) in [6.45, 7) is 0.896. The Morgan fingerprint density at radius 2 is 2.19 bits per heavy atom. The van der Waals surface area contributed by atoms with Crippen molar-refractivity contribution in [2.75, 3.05) is 13.2 Å². The normalized spacial score (nSPS) is 10.1. The monoisotopic (exact) mass is 222 g/mol. The van der Waals surface area contributed by atoms with Crippen molar-refractivity contribution in [1.82, 2.24) is 10.3 Å². The van der Waals surface area contributed by atoms with Gasteiger partial charge in [-0.2, -0.15) is 0 Å². The van der Waals surface area contributed by atoms with Crippen molar-refractivity contribution in [1.29, 1.82) is 0 Å². The van der Waals surface area contributed by atoms with Crippen LogP contribution in [-0.2, 0) is 11.2 Å². The molecule has 1 aromatic rings. The Kier molecular flexibility index (Phi) is 6.18. The van der Waals surface area contributed by atoms with Gasteiger partial charge in [0.25, 0.3) is 0 Å². The topological polar surface area (TPSA) is 62.2 Å². The Balaban J connectivity index is 2.12. The molecule has 0 fully saturated rings. The highest BCUT2D eigenvalue weighted by Gasteiger charge is 2.02. The second-order valence-electron chi connectivity index (χ2n) is 3.63. The van der Waals surface area contributed by atoms with Crippen molar-refractivity contribution < 1.29 is 9.90 Å². The van der Waals surface area contributed by atoms with Gasteiger partial charge in [-0.05, 0) is 31.4 Å². The number of aromatic nitrogens is 1. The van der Waals surface area contributed by atoms with E-state index >= 15 is 0 Å². The van der Waals surface area contributed by atoms with Gasteiger partial charge in [0.1, 0.15) is 0 Å². The minimum Gasteiger partial charge on any atom is -0.396 e. The lowest BCUT2D eigenvalue weighted by Crippen LogP contribution is -2.26. The predicted molar refractivity (Wildman–Crippen MR) is 61.9 cm³/mol. The molecule has 0 unspecified atom stereocenters.